The molecular formula is C29H24BrN3O4S. The highest BCUT2D eigenvalue weighted by Gasteiger charge is 2.17. The molecule has 3 amide bonds. The highest BCUT2D eigenvalue weighted by Crippen LogP contribution is 2.27. The number of benzene rings is 3. The van der Waals surface area contributed by atoms with Crippen LogP contribution in [0.15, 0.2) is 117 Å². The second-order valence-corrected chi connectivity index (χ2v) is 10.4. The van der Waals surface area contributed by atoms with Crippen molar-refractivity contribution in [3.8, 4) is 0 Å². The molecule has 1 heterocycles. The quantitative estimate of drug-likeness (QED) is 0.151. The molecule has 38 heavy (non-hydrogen) atoms. The van der Waals surface area contributed by atoms with Gasteiger partial charge in [0.25, 0.3) is 11.8 Å². The zero-order valence-electron chi connectivity index (χ0n) is 20.3. The first-order chi connectivity index (χ1) is 18.4. The van der Waals surface area contributed by atoms with E-state index in [9.17, 15) is 14.4 Å². The molecule has 0 bridgehead atoms. The summed E-state index contributed by atoms with van der Waals surface area (Å²) in [6.07, 6.45) is 2.95. The van der Waals surface area contributed by atoms with Gasteiger partial charge in [-0.3, -0.25) is 14.4 Å². The number of anilines is 2. The van der Waals surface area contributed by atoms with Gasteiger partial charge < -0.3 is 20.4 Å². The Hall–Kier alpha value is -4.08. The third-order valence-corrected chi connectivity index (χ3v) is 7.09. The van der Waals surface area contributed by atoms with E-state index < -0.39 is 11.8 Å². The van der Waals surface area contributed by atoms with Gasteiger partial charge in [-0.25, -0.2) is 0 Å². The summed E-state index contributed by atoms with van der Waals surface area (Å²) in [6, 6.07) is 26.5. The minimum atomic E-state index is -0.507. The number of para-hydroxylation sites is 1. The summed E-state index contributed by atoms with van der Waals surface area (Å²) in [5, 5.41) is 8.02. The molecule has 1 atom stereocenters. The number of nitrogens with one attached hydrogen (secondary N) is 3. The molecule has 0 aliphatic rings. The highest BCUT2D eigenvalue weighted by atomic mass is 79.9. The van der Waals surface area contributed by atoms with Crippen LogP contribution in [0.4, 0.5) is 11.4 Å². The predicted molar refractivity (Wildman–Crippen MR) is 154 cm³/mol. The summed E-state index contributed by atoms with van der Waals surface area (Å²) in [4.78, 5) is 39.2. The van der Waals surface area contributed by atoms with Crippen LogP contribution in [-0.2, 0) is 9.59 Å². The SMILES string of the molecule is CC(Sc1ccc(NC(=O)/C(=C/c2ccco2)NC(=O)c2ccccc2)cc1)C(=O)Nc1ccccc1Br. The van der Waals surface area contributed by atoms with Crippen molar-refractivity contribution in [2.24, 2.45) is 0 Å². The molecule has 0 radical (unpaired) electrons. The minimum absolute atomic E-state index is 0.0321. The van der Waals surface area contributed by atoms with Gasteiger partial charge >= 0.3 is 0 Å². The monoisotopic (exact) mass is 589 g/mol. The predicted octanol–water partition coefficient (Wildman–Crippen LogP) is 6.57. The average molecular weight is 590 g/mol. The zero-order valence-corrected chi connectivity index (χ0v) is 22.7. The summed E-state index contributed by atoms with van der Waals surface area (Å²) < 4.78 is 6.13. The van der Waals surface area contributed by atoms with Gasteiger partial charge in [0.1, 0.15) is 11.5 Å². The lowest BCUT2D eigenvalue weighted by molar-refractivity contribution is -0.115. The van der Waals surface area contributed by atoms with Gasteiger partial charge in [0.05, 0.1) is 17.2 Å². The van der Waals surface area contributed by atoms with Crippen LogP contribution in [0, 0.1) is 0 Å². The third kappa shape index (κ3) is 7.47. The number of thioether (sulfide) groups is 1. The second-order valence-electron chi connectivity index (χ2n) is 8.10. The maximum absolute atomic E-state index is 13.1. The molecule has 7 nitrogen and oxygen atoms in total. The molecular weight excluding hydrogens is 566 g/mol. The second kappa shape index (κ2) is 12.9. The van der Waals surface area contributed by atoms with Crippen molar-refractivity contribution < 1.29 is 18.8 Å². The van der Waals surface area contributed by atoms with Gasteiger partial charge in [0.15, 0.2) is 0 Å². The smallest absolute Gasteiger partial charge is 0.272 e. The molecule has 0 spiro atoms. The average Bonchev–Trinajstić information content (AvgIpc) is 3.44. The molecule has 1 unspecified atom stereocenters. The number of furan rings is 1. The Morgan fingerprint density at radius 2 is 1.58 bits per heavy atom. The van der Waals surface area contributed by atoms with Gasteiger partial charge in [-0.1, -0.05) is 30.3 Å². The van der Waals surface area contributed by atoms with Crippen LogP contribution in [0.3, 0.4) is 0 Å². The summed E-state index contributed by atoms with van der Waals surface area (Å²) >= 11 is 4.83. The Balaban J connectivity index is 1.40. The van der Waals surface area contributed by atoms with E-state index in [0.29, 0.717) is 22.7 Å². The molecule has 4 aromatic rings. The van der Waals surface area contributed by atoms with Crippen LogP contribution in [0.2, 0.25) is 0 Å². The van der Waals surface area contributed by atoms with Crippen LogP contribution in [0.25, 0.3) is 6.08 Å². The number of hydrogen-bond donors (Lipinski definition) is 3. The van der Waals surface area contributed by atoms with Crippen LogP contribution >= 0.6 is 27.7 Å². The van der Waals surface area contributed by atoms with Crippen molar-refractivity contribution in [2.45, 2.75) is 17.1 Å². The first kappa shape index (κ1) is 27.0. The molecule has 0 fully saturated rings. The Morgan fingerprint density at radius 1 is 0.868 bits per heavy atom. The molecule has 3 N–H and O–H groups in total. The number of halogens is 1. The van der Waals surface area contributed by atoms with E-state index in [1.165, 1.54) is 24.1 Å². The first-order valence-corrected chi connectivity index (χ1v) is 13.3. The van der Waals surface area contributed by atoms with E-state index in [0.717, 1.165) is 9.37 Å². The first-order valence-electron chi connectivity index (χ1n) is 11.6. The van der Waals surface area contributed by atoms with Gasteiger partial charge in [-0.2, -0.15) is 0 Å². The van der Waals surface area contributed by atoms with Gasteiger partial charge in [-0.05, 0) is 83.5 Å². The van der Waals surface area contributed by atoms with Crippen molar-refractivity contribution in [1.82, 2.24) is 5.32 Å². The van der Waals surface area contributed by atoms with Crippen LogP contribution in [0.5, 0.6) is 0 Å². The molecule has 192 valence electrons. The Morgan fingerprint density at radius 3 is 2.26 bits per heavy atom. The zero-order chi connectivity index (χ0) is 26.9. The molecule has 0 saturated carbocycles. The van der Waals surface area contributed by atoms with E-state index in [-0.39, 0.29) is 16.9 Å². The van der Waals surface area contributed by atoms with Crippen molar-refractivity contribution in [2.75, 3.05) is 10.6 Å². The fourth-order valence-electron chi connectivity index (χ4n) is 3.33. The minimum Gasteiger partial charge on any atom is -0.465 e. The van der Waals surface area contributed by atoms with E-state index in [1.807, 2.05) is 43.3 Å². The van der Waals surface area contributed by atoms with Gasteiger partial charge in [0.2, 0.25) is 5.91 Å². The van der Waals surface area contributed by atoms with Crippen LogP contribution in [0.1, 0.15) is 23.0 Å². The summed E-state index contributed by atoms with van der Waals surface area (Å²) in [7, 11) is 0. The number of carbonyl (C=O) groups is 3. The van der Waals surface area contributed by atoms with E-state index in [1.54, 1.807) is 54.6 Å². The maximum Gasteiger partial charge on any atom is 0.272 e. The lowest BCUT2D eigenvalue weighted by Crippen LogP contribution is -2.30. The summed E-state index contributed by atoms with van der Waals surface area (Å²) in [5.41, 5.74) is 1.69. The normalized spacial score (nSPS) is 11.9. The number of rotatable bonds is 9. The fourth-order valence-corrected chi connectivity index (χ4v) is 4.58. The number of amides is 3. The molecule has 0 saturated heterocycles. The number of hydrogen-bond acceptors (Lipinski definition) is 5. The lowest BCUT2D eigenvalue weighted by Gasteiger charge is -2.14. The molecule has 9 heteroatoms. The Kier molecular flexibility index (Phi) is 9.18. The van der Waals surface area contributed by atoms with Crippen molar-refractivity contribution in [1.29, 1.82) is 0 Å². The topological polar surface area (TPSA) is 100 Å². The van der Waals surface area contributed by atoms with Gasteiger partial charge in [0, 0.05) is 26.7 Å². The molecule has 4 rings (SSSR count). The maximum atomic E-state index is 13.1. The summed E-state index contributed by atoms with van der Waals surface area (Å²) in [6.45, 7) is 1.83. The molecule has 1 aromatic heterocycles. The van der Waals surface area contributed by atoms with E-state index in [2.05, 4.69) is 31.9 Å². The number of carbonyl (C=O) groups excluding carboxylic acids is 3. The van der Waals surface area contributed by atoms with Gasteiger partial charge in [-0.15, -0.1) is 11.8 Å². The largest absolute Gasteiger partial charge is 0.465 e. The molecule has 0 aliphatic heterocycles. The third-order valence-electron chi connectivity index (χ3n) is 5.28. The Labute approximate surface area is 232 Å². The highest BCUT2D eigenvalue weighted by molar-refractivity contribution is 9.10. The summed E-state index contributed by atoms with van der Waals surface area (Å²) in [5.74, 6) is -0.626. The molecule has 3 aromatic carbocycles. The molecule has 0 aliphatic carbocycles. The standard InChI is InChI=1S/C29H24BrN3O4S/c1-19(27(34)32-25-12-6-5-11-24(25)30)38-23-15-13-21(14-16-23)31-29(36)26(18-22-10-7-17-37-22)33-28(35)20-8-3-2-4-9-20/h2-19H,1H3,(H,31,36)(H,32,34)(H,33,35)/b26-18-. The lowest BCUT2D eigenvalue weighted by atomic mass is 10.2. The van der Waals surface area contributed by atoms with Crippen molar-refractivity contribution in [3.63, 3.8) is 0 Å². The van der Waals surface area contributed by atoms with Crippen LogP contribution < -0.4 is 16.0 Å². The van der Waals surface area contributed by atoms with E-state index >= 15 is 0 Å². The van der Waals surface area contributed by atoms with Crippen molar-refractivity contribution >= 4 is 62.9 Å². The Bertz CT molecular complexity index is 1440. The van der Waals surface area contributed by atoms with E-state index in [4.69, 9.17) is 4.42 Å². The van der Waals surface area contributed by atoms with Crippen molar-refractivity contribution in [3.05, 3.63) is 119 Å². The fraction of sp³-hybridized carbons (Fsp3) is 0.0690. The van der Waals surface area contributed by atoms with Crippen LogP contribution in [-0.4, -0.2) is 23.0 Å².